The van der Waals surface area contributed by atoms with E-state index in [1.807, 2.05) is 38.1 Å². The van der Waals surface area contributed by atoms with Gasteiger partial charge in [-0.3, -0.25) is 4.79 Å². The van der Waals surface area contributed by atoms with E-state index in [0.717, 1.165) is 28.0 Å². The molecule has 1 amide bonds. The molecule has 0 fully saturated rings. The molecule has 134 valence electrons. The number of amides is 1. The molecular formula is C21H26ClNO2. The fourth-order valence-corrected chi connectivity index (χ4v) is 3.23. The van der Waals surface area contributed by atoms with Crippen LogP contribution in [0, 0.1) is 6.92 Å². The summed E-state index contributed by atoms with van der Waals surface area (Å²) in [6.45, 7) is 8.33. The van der Waals surface area contributed by atoms with Gasteiger partial charge in [-0.15, -0.1) is 0 Å². The van der Waals surface area contributed by atoms with Crippen LogP contribution in [0.2, 0.25) is 5.02 Å². The molecule has 2 rings (SSSR count). The lowest BCUT2D eigenvalue weighted by atomic mass is 9.93. The minimum atomic E-state index is -0.0740. The Kier molecular flexibility index (Phi) is 6.49. The van der Waals surface area contributed by atoms with E-state index in [1.165, 1.54) is 0 Å². The Morgan fingerprint density at radius 2 is 1.88 bits per heavy atom. The quantitative estimate of drug-likeness (QED) is 0.769. The van der Waals surface area contributed by atoms with Crippen LogP contribution in [0.4, 0.5) is 0 Å². The van der Waals surface area contributed by atoms with Crippen molar-refractivity contribution in [1.82, 2.24) is 5.32 Å². The highest BCUT2D eigenvalue weighted by atomic mass is 35.5. The van der Waals surface area contributed by atoms with Gasteiger partial charge in [-0.1, -0.05) is 37.6 Å². The van der Waals surface area contributed by atoms with Crippen LogP contribution < -0.4 is 10.1 Å². The van der Waals surface area contributed by atoms with Crippen molar-refractivity contribution in [2.24, 2.45) is 0 Å². The SMILES string of the molecule is COc1cc(C)c([C@H](C)NC(=O)Cc2cccc(Cl)c2)cc1C(C)C. The Labute approximate surface area is 155 Å². The second-order valence-corrected chi connectivity index (χ2v) is 7.14. The van der Waals surface area contributed by atoms with Crippen molar-refractivity contribution in [2.45, 2.75) is 46.1 Å². The molecule has 3 nitrogen and oxygen atoms in total. The summed E-state index contributed by atoms with van der Waals surface area (Å²) in [7, 11) is 1.69. The Morgan fingerprint density at radius 3 is 2.48 bits per heavy atom. The third-order valence-electron chi connectivity index (χ3n) is 4.34. The van der Waals surface area contributed by atoms with Crippen molar-refractivity contribution in [3.8, 4) is 5.75 Å². The number of methoxy groups -OCH3 is 1. The standard InChI is InChI=1S/C21H26ClNO2/c1-13(2)18-12-19(14(3)9-20(18)25-5)15(4)23-21(24)11-16-7-6-8-17(22)10-16/h6-10,12-13,15H,11H2,1-5H3,(H,23,24)/t15-/m0/s1. The van der Waals surface area contributed by atoms with Gasteiger partial charge in [0.2, 0.25) is 5.91 Å². The Balaban J connectivity index is 2.15. The van der Waals surface area contributed by atoms with Gasteiger partial charge in [0.15, 0.2) is 0 Å². The Bertz CT molecular complexity index is 756. The van der Waals surface area contributed by atoms with Crippen molar-refractivity contribution < 1.29 is 9.53 Å². The zero-order valence-corrected chi connectivity index (χ0v) is 16.3. The molecule has 0 aromatic heterocycles. The van der Waals surface area contributed by atoms with E-state index in [-0.39, 0.29) is 11.9 Å². The van der Waals surface area contributed by atoms with Crippen LogP contribution in [0.25, 0.3) is 0 Å². The normalized spacial score (nSPS) is 12.1. The summed E-state index contributed by atoms with van der Waals surface area (Å²) in [6, 6.07) is 11.5. The van der Waals surface area contributed by atoms with E-state index in [0.29, 0.717) is 17.4 Å². The number of hydrogen-bond acceptors (Lipinski definition) is 2. The Morgan fingerprint density at radius 1 is 1.16 bits per heavy atom. The van der Waals surface area contributed by atoms with Gasteiger partial charge in [0.25, 0.3) is 0 Å². The maximum atomic E-state index is 12.4. The minimum absolute atomic E-state index is 0.0175. The molecule has 0 spiro atoms. The molecule has 2 aromatic carbocycles. The van der Waals surface area contributed by atoms with E-state index < -0.39 is 0 Å². The van der Waals surface area contributed by atoms with Crippen LogP contribution in [0.15, 0.2) is 36.4 Å². The first kappa shape index (κ1) is 19.3. The summed E-state index contributed by atoms with van der Waals surface area (Å²) in [4.78, 5) is 12.4. The largest absolute Gasteiger partial charge is 0.496 e. The summed E-state index contributed by atoms with van der Waals surface area (Å²) in [5, 5.41) is 3.73. The molecule has 0 aliphatic carbocycles. The van der Waals surface area contributed by atoms with Gasteiger partial charge in [0.05, 0.1) is 19.6 Å². The number of aryl methyl sites for hydroxylation is 1. The van der Waals surface area contributed by atoms with Crippen molar-refractivity contribution in [2.75, 3.05) is 7.11 Å². The van der Waals surface area contributed by atoms with Crippen LogP contribution >= 0.6 is 11.6 Å². The number of ether oxygens (including phenoxy) is 1. The third kappa shape index (κ3) is 4.99. The molecule has 0 bridgehead atoms. The van der Waals surface area contributed by atoms with E-state index in [9.17, 15) is 4.79 Å². The van der Waals surface area contributed by atoms with E-state index in [2.05, 4.69) is 25.2 Å². The van der Waals surface area contributed by atoms with Crippen molar-refractivity contribution in [3.63, 3.8) is 0 Å². The number of halogens is 1. The number of benzene rings is 2. The van der Waals surface area contributed by atoms with Crippen molar-refractivity contribution >= 4 is 17.5 Å². The number of hydrogen-bond donors (Lipinski definition) is 1. The third-order valence-corrected chi connectivity index (χ3v) is 4.57. The van der Waals surface area contributed by atoms with Crippen LogP contribution in [-0.4, -0.2) is 13.0 Å². The van der Waals surface area contributed by atoms with Gasteiger partial charge in [0, 0.05) is 5.02 Å². The lowest BCUT2D eigenvalue weighted by Crippen LogP contribution is -2.28. The van der Waals surface area contributed by atoms with Gasteiger partial charge in [-0.2, -0.15) is 0 Å². The summed E-state index contributed by atoms with van der Waals surface area (Å²) in [5.74, 6) is 1.23. The molecular weight excluding hydrogens is 334 g/mol. The van der Waals surface area contributed by atoms with E-state index >= 15 is 0 Å². The van der Waals surface area contributed by atoms with E-state index in [4.69, 9.17) is 16.3 Å². The van der Waals surface area contributed by atoms with Crippen LogP contribution in [0.3, 0.4) is 0 Å². The molecule has 0 aliphatic heterocycles. The molecule has 0 aliphatic rings. The molecule has 0 saturated heterocycles. The predicted molar refractivity (Wildman–Crippen MR) is 104 cm³/mol. The zero-order chi connectivity index (χ0) is 18.6. The highest BCUT2D eigenvalue weighted by Crippen LogP contribution is 2.32. The van der Waals surface area contributed by atoms with Gasteiger partial charge in [-0.05, 0) is 66.3 Å². The molecule has 1 atom stereocenters. The molecule has 0 saturated carbocycles. The maximum absolute atomic E-state index is 12.4. The fraction of sp³-hybridized carbons (Fsp3) is 0.381. The molecule has 2 aromatic rings. The number of nitrogens with one attached hydrogen (secondary N) is 1. The molecule has 4 heteroatoms. The van der Waals surface area contributed by atoms with Gasteiger partial charge < -0.3 is 10.1 Å². The summed E-state index contributed by atoms with van der Waals surface area (Å²) in [6.07, 6.45) is 0.317. The van der Waals surface area contributed by atoms with Crippen LogP contribution in [0.1, 0.15) is 55.0 Å². The number of rotatable bonds is 6. The zero-order valence-electron chi connectivity index (χ0n) is 15.5. The summed E-state index contributed by atoms with van der Waals surface area (Å²) in [5.41, 5.74) is 4.28. The maximum Gasteiger partial charge on any atom is 0.224 e. The average Bonchev–Trinajstić information content (AvgIpc) is 2.53. The minimum Gasteiger partial charge on any atom is -0.496 e. The highest BCUT2D eigenvalue weighted by molar-refractivity contribution is 6.30. The second kappa shape index (κ2) is 8.39. The first-order valence-corrected chi connectivity index (χ1v) is 8.91. The van der Waals surface area contributed by atoms with E-state index in [1.54, 1.807) is 13.2 Å². The number of carbonyl (C=O) groups excluding carboxylic acids is 1. The lowest BCUT2D eigenvalue weighted by Gasteiger charge is -2.21. The van der Waals surface area contributed by atoms with Gasteiger partial charge in [0.1, 0.15) is 5.75 Å². The van der Waals surface area contributed by atoms with Crippen LogP contribution in [-0.2, 0) is 11.2 Å². The molecule has 25 heavy (non-hydrogen) atoms. The lowest BCUT2D eigenvalue weighted by molar-refractivity contribution is -0.121. The molecule has 0 heterocycles. The second-order valence-electron chi connectivity index (χ2n) is 6.70. The fourth-order valence-electron chi connectivity index (χ4n) is 3.01. The van der Waals surface area contributed by atoms with Crippen molar-refractivity contribution in [1.29, 1.82) is 0 Å². The number of carbonyl (C=O) groups is 1. The molecule has 1 N–H and O–H groups in total. The van der Waals surface area contributed by atoms with Crippen LogP contribution in [0.5, 0.6) is 5.75 Å². The van der Waals surface area contributed by atoms with Crippen molar-refractivity contribution in [3.05, 3.63) is 63.7 Å². The Hall–Kier alpha value is -2.00. The predicted octanol–water partition coefficient (Wildman–Crippen LogP) is 5.20. The monoisotopic (exact) mass is 359 g/mol. The highest BCUT2D eigenvalue weighted by Gasteiger charge is 2.17. The summed E-state index contributed by atoms with van der Waals surface area (Å²) < 4.78 is 5.49. The first-order chi connectivity index (χ1) is 11.8. The summed E-state index contributed by atoms with van der Waals surface area (Å²) >= 11 is 5.98. The topological polar surface area (TPSA) is 38.3 Å². The molecule has 0 radical (unpaired) electrons. The first-order valence-electron chi connectivity index (χ1n) is 8.54. The average molecular weight is 360 g/mol. The molecule has 0 unspecified atom stereocenters. The van der Waals surface area contributed by atoms with Gasteiger partial charge >= 0.3 is 0 Å². The van der Waals surface area contributed by atoms with Gasteiger partial charge in [-0.25, -0.2) is 0 Å². The smallest absolute Gasteiger partial charge is 0.224 e.